The maximum absolute atomic E-state index is 5.86. The Kier molecular flexibility index (Phi) is 5.47. The van der Waals surface area contributed by atoms with Crippen LogP contribution in [0, 0.1) is 0 Å². The van der Waals surface area contributed by atoms with Crippen LogP contribution in [0.15, 0.2) is 27.8 Å². The van der Waals surface area contributed by atoms with E-state index in [9.17, 15) is 0 Å². The molecule has 2 aliphatic rings. The number of aliphatic imine (C=N–C) groups is 1. The van der Waals surface area contributed by atoms with E-state index in [0.717, 1.165) is 44.4 Å². The molecule has 1 aromatic heterocycles. The van der Waals surface area contributed by atoms with E-state index in [0.29, 0.717) is 18.5 Å². The van der Waals surface area contributed by atoms with E-state index in [1.807, 2.05) is 6.20 Å². The van der Waals surface area contributed by atoms with Crippen LogP contribution in [0.3, 0.4) is 0 Å². The zero-order valence-electron chi connectivity index (χ0n) is 16.0. The van der Waals surface area contributed by atoms with E-state index >= 15 is 0 Å². The van der Waals surface area contributed by atoms with Gasteiger partial charge in [0, 0.05) is 44.2 Å². The van der Waals surface area contributed by atoms with Gasteiger partial charge >= 0.3 is 0 Å². The Hall–Kier alpha value is -1.82. The highest BCUT2D eigenvalue weighted by atomic mass is 16.4. The predicted octanol–water partition coefficient (Wildman–Crippen LogP) is 2.38. The van der Waals surface area contributed by atoms with Gasteiger partial charge in [-0.2, -0.15) is 0 Å². The molecule has 1 atom stereocenters. The molecule has 3 rings (SSSR count). The summed E-state index contributed by atoms with van der Waals surface area (Å²) in [7, 11) is 0. The molecule has 138 valence electrons. The molecule has 25 heavy (non-hydrogen) atoms. The minimum atomic E-state index is -0.0224. The van der Waals surface area contributed by atoms with E-state index in [4.69, 9.17) is 9.41 Å². The average Bonchev–Trinajstić information content (AvgIpc) is 3.31. The predicted molar refractivity (Wildman–Crippen MR) is 101 cm³/mol. The highest BCUT2D eigenvalue weighted by Crippen LogP contribution is 2.23. The number of hydrogen-bond acceptors (Lipinski definition) is 4. The standard InChI is InChI=1S/C19H31N5O/c1-5-20-18(22-13-17-21-12-16(25-17)19(2,3)4)24-11-8-15(14-24)23-9-6-7-10-23/h6-7,12,15H,5,8-11,13-14H2,1-4H3,(H,20,22). The van der Waals surface area contributed by atoms with Gasteiger partial charge < -0.3 is 14.6 Å². The minimum Gasteiger partial charge on any atom is -0.443 e. The summed E-state index contributed by atoms with van der Waals surface area (Å²) in [5.74, 6) is 2.55. The number of nitrogens with zero attached hydrogens (tertiary/aromatic N) is 4. The van der Waals surface area contributed by atoms with Crippen molar-refractivity contribution in [2.24, 2.45) is 4.99 Å². The fourth-order valence-electron chi connectivity index (χ4n) is 3.32. The first kappa shape index (κ1) is 18.0. The van der Waals surface area contributed by atoms with Crippen molar-refractivity contribution in [1.29, 1.82) is 0 Å². The van der Waals surface area contributed by atoms with Crippen LogP contribution in [0.25, 0.3) is 0 Å². The number of likely N-dealkylation sites (tertiary alicyclic amines) is 1. The summed E-state index contributed by atoms with van der Waals surface area (Å²) in [5.41, 5.74) is -0.0224. The van der Waals surface area contributed by atoms with Crippen molar-refractivity contribution in [3.63, 3.8) is 0 Å². The third kappa shape index (κ3) is 4.42. The number of guanidine groups is 1. The lowest BCUT2D eigenvalue weighted by Gasteiger charge is -2.25. The summed E-state index contributed by atoms with van der Waals surface area (Å²) < 4.78 is 5.86. The molecule has 0 spiro atoms. The zero-order chi connectivity index (χ0) is 17.9. The number of oxazole rings is 1. The van der Waals surface area contributed by atoms with Crippen molar-refractivity contribution in [2.75, 3.05) is 32.7 Å². The van der Waals surface area contributed by atoms with Crippen LogP contribution in [-0.2, 0) is 12.0 Å². The summed E-state index contributed by atoms with van der Waals surface area (Å²) in [6.07, 6.45) is 7.54. The summed E-state index contributed by atoms with van der Waals surface area (Å²) in [6.45, 7) is 14.1. The second kappa shape index (κ2) is 7.60. The Bertz CT molecular complexity index is 620. The molecule has 1 fully saturated rings. The number of hydrogen-bond donors (Lipinski definition) is 1. The molecular weight excluding hydrogens is 314 g/mol. The van der Waals surface area contributed by atoms with Crippen LogP contribution in [0.5, 0.6) is 0 Å². The monoisotopic (exact) mass is 345 g/mol. The van der Waals surface area contributed by atoms with Gasteiger partial charge in [0.15, 0.2) is 5.96 Å². The fourth-order valence-corrected chi connectivity index (χ4v) is 3.32. The van der Waals surface area contributed by atoms with Crippen LogP contribution < -0.4 is 5.32 Å². The van der Waals surface area contributed by atoms with Crippen LogP contribution in [0.4, 0.5) is 0 Å². The first-order chi connectivity index (χ1) is 12.0. The molecule has 0 saturated carbocycles. The molecule has 2 aliphatic heterocycles. The smallest absolute Gasteiger partial charge is 0.216 e. The van der Waals surface area contributed by atoms with Crippen molar-refractivity contribution in [3.05, 3.63) is 30.0 Å². The van der Waals surface area contributed by atoms with E-state index in [-0.39, 0.29) is 5.41 Å². The van der Waals surface area contributed by atoms with E-state index in [1.54, 1.807) is 0 Å². The largest absolute Gasteiger partial charge is 0.443 e. The Morgan fingerprint density at radius 3 is 2.76 bits per heavy atom. The lowest BCUT2D eigenvalue weighted by atomic mass is 9.94. The van der Waals surface area contributed by atoms with Gasteiger partial charge in [0.1, 0.15) is 12.3 Å². The second-order valence-electron chi connectivity index (χ2n) is 7.85. The van der Waals surface area contributed by atoms with Gasteiger partial charge in [-0.3, -0.25) is 4.90 Å². The minimum absolute atomic E-state index is 0.0224. The first-order valence-electron chi connectivity index (χ1n) is 9.35. The Labute approximate surface area is 151 Å². The molecule has 0 aromatic carbocycles. The van der Waals surface area contributed by atoms with Gasteiger partial charge in [0.25, 0.3) is 0 Å². The van der Waals surface area contributed by atoms with Gasteiger partial charge in [-0.1, -0.05) is 32.9 Å². The van der Waals surface area contributed by atoms with Gasteiger partial charge in [-0.05, 0) is 13.3 Å². The highest BCUT2D eigenvalue weighted by Gasteiger charge is 2.29. The number of rotatable bonds is 4. The summed E-state index contributed by atoms with van der Waals surface area (Å²) in [4.78, 5) is 14.0. The SMILES string of the molecule is CCNC(=NCc1ncc(C(C)(C)C)o1)N1CCC(N2CC=CC2)C1. The van der Waals surface area contributed by atoms with Gasteiger partial charge in [-0.15, -0.1) is 0 Å². The molecule has 6 nitrogen and oxygen atoms in total. The van der Waals surface area contributed by atoms with Crippen molar-refractivity contribution in [2.45, 2.75) is 52.1 Å². The number of aromatic nitrogens is 1. The zero-order valence-corrected chi connectivity index (χ0v) is 16.0. The molecule has 1 N–H and O–H groups in total. The molecule has 3 heterocycles. The van der Waals surface area contributed by atoms with Crippen molar-refractivity contribution in [3.8, 4) is 0 Å². The maximum Gasteiger partial charge on any atom is 0.216 e. The first-order valence-corrected chi connectivity index (χ1v) is 9.35. The van der Waals surface area contributed by atoms with E-state index in [2.05, 4.69) is 59.9 Å². The van der Waals surface area contributed by atoms with Crippen molar-refractivity contribution >= 4 is 5.96 Å². The quantitative estimate of drug-likeness (QED) is 0.516. The molecule has 0 aliphatic carbocycles. The van der Waals surface area contributed by atoms with Crippen LogP contribution in [0.1, 0.15) is 45.8 Å². The average molecular weight is 345 g/mol. The lowest BCUT2D eigenvalue weighted by molar-refractivity contribution is 0.259. The third-order valence-electron chi connectivity index (χ3n) is 4.82. The molecule has 0 bridgehead atoms. The molecule has 6 heteroatoms. The summed E-state index contributed by atoms with van der Waals surface area (Å²) in [5, 5.41) is 3.42. The summed E-state index contributed by atoms with van der Waals surface area (Å²) in [6, 6.07) is 0.619. The summed E-state index contributed by atoms with van der Waals surface area (Å²) >= 11 is 0. The molecular formula is C19H31N5O. The van der Waals surface area contributed by atoms with Crippen LogP contribution in [0.2, 0.25) is 0 Å². The molecule has 1 unspecified atom stereocenters. The fraction of sp³-hybridized carbons (Fsp3) is 0.684. The highest BCUT2D eigenvalue weighted by molar-refractivity contribution is 5.80. The molecule has 1 saturated heterocycles. The van der Waals surface area contributed by atoms with Crippen molar-refractivity contribution < 1.29 is 4.42 Å². The maximum atomic E-state index is 5.86. The van der Waals surface area contributed by atoms with Gasteiger partial charge in [-0.25, -0.2) is 9.98 Å². The third-order valence-corrected chi connectivity index (χ3v) is 4.82. The molecule has 0 radical (unpaired) electrons. The van der Waals surface area contributed by atoms with E-state index < -0.39 is 0 Å². The molecule has 0 amide bonds. The number of nitrogens with one attached hydrogen (secondary N) is 1. The Morgan fingerprint density at radius 2 is 2.12 bits per heavy atom. The molecule has 1 aromatic rings. The topological polar surface area (TPSA) is 56.9 Å². The van der Waals surface area contributed by atoms with Crippen molar-refractivity contribution in [1.82, 2.24) is 20.1 Å². The van der Waals surface area contributed by atoms with Gasteiger partial charge in [0.05, 0.1) is 6.20 Å². The van der Waals surface area contributed by atoms with Crippen LogP contribution in [-0.4, -0.2) is 59.5 Å². The van der Waals surface area contributed by atoms with Gasteiger partial charge in [0.2, 0.25) is 5.89 Å². The van der Waals surface area contributed by atoms with Crippen LogP contribution >= 0.6 is 0 Å². The lowest BCUT2D eigenvalue weighted by Crippen LogP contribution is -2.42. The second-order valence-corrected chi connectivity index (χ2v) is 7.85. The Balaban J connectivity index is 1.62. The normalized spacial score (nSPS) is 22.2. The van der Waals surface area contributed by atoms with E-state index in [1.165, 1.54) is 6.42 Å². The Morgan fingerprint density at radius 1 is 1.36 bits per heavy atom.